The summed E-state index contributed by atoms with van der Waals surface area (Å²) in [5, 5.41) is 12.8. The minimum atomic E-state index is -1.25. The Hall–Kier alpha value is -3.99. The number of para-hydroxylation sites is 1. The topological polar surface area (TPSA) is 125 Å². The molecule has 48 heavy (non-hydrogen) atoms. The Morgan fingerprint density at radius 2 is 1.88 bits per heavy atom. The monoisotopic (exact) mass is 677 g/mol. The zero-order valence-corrected chi connectivity index (χ0v) is 28.0. The highest BCUT2D eigenvalue weighted by molar-refractivity contribution is 6.34. The van der Waals surface area contributed by atoms with Crippen LogP contribution in [0.5, 0.6) is 0 Å². The number of carbonyl (C=O) groups excluding carboxylic acids is 4. The average Bonchev–Trinajstić information content (AvgIpc) is 3.73. The average molecular weight is 678 g/mol. The Balaban J connectivity index is 1.47. The van der Waals surface area contributed by atoms with Gasteiger partial charge in [0.2, 0.25) is 11.8 Å². The van der Waals surface area contributed by atoms with Crippen LogP contribution in [0.25, 0.3) is 0 Å². The predicted octanol–water partition coefficient (Wildman–Crippen LogP) is 4.76. The van der Waals surface area contributed by atoms with Gasteiger partial charge in [0, 0.05) is 26.1 Å². The summed E-state index contributed by atoms with van der Waals surface area (Å²) in [6, 6.07) is 14.5. The van der Waals surface area contributed by atoms with E-state index in [4.69, 9.17) is 21.1 Å². The number of esters is 1. The van der Waals surface area contributed by atoms with Gasteiger partial charge < -0.3 is 29.7 Å². The number of amides is 3. The molecule has 5 rings (SSSR count). The van der Waals surface area contributed by atoms with Gasteiger partial charge in [0.05, 0.1) is 34.7 Å². The van der Waals surface area contributed by atoms with E-state index < -0.39 is 47.7 Å². The van der Waals surface area contributed by atoms with Gasteiger partial charge in [-0.3, -0.25) is 19.2 Å². The maximum atomic E-state index is 14.6. The number of halogens is 1. The molecule has 0 aliphatic carbocycles. The first-order valence-corrected chi connectivity index (χ1v) is 17.0. The van der Waals surface area contributed by atoms with Crippen LogP contribution in [-0.2, 0) is 28.7 Å². The molecule has 1 spiro atoms. The van der Waals surface area contributed by atoms with Crippen molar-refractivity contribution >= 4 is 41.0 Å². The first-order valence-electron chi connectivity index (χ1n) is 16.6. The lowest BCUT2D eigenvalue weighted by Gasteiger charge is -2.37. The summed E-state index contributed by atoms with van der Waals surface area (Å²) in [6.07, 6.45) is 4.34. The zero-order valence-electron chi connectivity index (χ0n) is 27.3. The van der Waals surface area contributed by atoms with Gasteiger partial charge in [-0.1, -0.05) is 66.2 Å². The van der Waals surface area contributed by atoms with E-state index in [0.29, 0.717) is 48.4 Å². The smallest absolute Gasteiger partial charge is 0.313 e. The molecule has 3 fully saturated rings. The fraction of sp³-hybridized carbons (Fsp3) is 0.459. The minimum absolute atomic E-state index is 0.0614. The first kappa shape index (κ1) is 35.3. The molecule has 0 saturated carbocycles. The predicted molar refractivity (Wildman–Crippen MR) is 182 cm³/mol. The van der Waals surface area contributed by atoms with E-state index in [-0.39, 0.29) is 43.8 Å². The molecule has 3 aliphatic heterocycles. The number of allylic oxidation sites excluding steroid dienone is 1. The third kappa shape index (κ3) is 6.79. The molecule has 3 amide bonds. The standard InChI is InChI=1S/C37H44ClN3O7/c1-4-6-18-29(43)39-24(3)32(25-14-8-7-9-15-25)47-36(46)30-28-19-20-37(48-28)31(30)34(44)41(22-12-13-23-42)33(37)35(45)40(21-5-2)27-17-11-10-16-26(27)38/h4-5,7-11,14-17,24,28,30-33,42H,1-2,6,12-13,18-23H2,3H3,(H,39,43)/t24-,28+,30-,31-,32-,33+,37-/m0/s1. The van der Waals surface area contributed by atoms with Crippen molar-refractivity contribution in [2.75, 3.05) is 24.6 Å². The second-order valence-corrected chi connectivity index (χ2v) is 13.1. The van der Waals surface area contributed by atoms with Crippen LogP contribution in [0.4, 0.5) is 5.69 Å². The number of fused-ring (bicyclic) bond motifs is 1. The number of aliphatic hydroxyl groups is 1. The van der Waals surface area contributed by atoms with Crippen LogP contribution in [-0.4, -0.2) is 77.2 Å². The van der Waals surface area contributed by atoms with E-state index in [1.54, 1.807) is 43.3 Å². The maximum absolute atomic E-state index is 14.6. The van der Waals surface area contributed by atoms with Crippen molar-refractivity contribution < 1.29 is 33.8 Å². The summed E-state index contributed by atoms with van der Waals surface area (Å²) in [5.41, 5.74) is -0.0859. The van der Waals surface area contributed by atoms with Crippen molar-refractivity contribution in [3.05, 3.63) is 90.5 Å². The quantitative estimate of drug-likeness (QED) is 0.149. The van der Waals surface area contributed by atoms with Crippen LogP contribution < -0.4 is 10.2 Å². The molecule has 7 atom stereocenters. The number of likely N-dealkylation sites (tertiary alicyclic amines) is 1. The summed E-state index contributed by atoms with van der Waals surface area (Å²) in [5.74, 6) is -3.44. The van der Waals surface area contributed by atoms with E-state index in [1.807, 2.05) is 30.3 Å². The summed E-state index contributed by atoms with van der Waals surface area (Å²) in [7, 11) is 0. The summed E-state index contributed by atoms with van der Waals surface area (Å²) >= 11 is 6.55. The van der Waals surface area contributed by atoms with Crippen LogP contribution in [0.15, 0.2) is 79.9 Å². The lowest BCUT2D eigenvalue weighted by Crippen LogP contribution is -2.56. The number of ether oxygens (including phenoxy) is 2. The van der Waals surface area contributed by atoms with Crippen molar-refractivity contribution in [3.63, 3.8) is 0 Å². The van der Waals surface area contributed by atoms with E-state index in [2.05, 4.69) is 18.5 Å². The molecule has 0 aromatic heterocycles. The Morgan fingerprint density at radius 1 is 1.15 bits per heavy atom. The molecule has 3 heterocycles. The number of rotatable bonds is 16. The number of benzene rings is 2. The van der Waals surface area contributed by atoms with Crippen molar-refractivity contribution in [1.82, 2.24) is 10.2 Å². The van der Waals surface area contributed by atoms with E-state index >= 15 is 0 Å². The highest BCUT2D eigenvalue weighted by atomic mass is 35.5. The van der Waals surface area contributed by atoms with Crippen LogP contribution in [0.3, 0.4) is 0 Å². The van der Waals surface area contributed by atoms with Crippen molar-refractivity contribution in [2.45, 2.75) is 75.3 Å². The Labute approximate surface area is 286 Å². The molecule has 0 radical (unpaired) electrons. The van der Waals surface area contributed by atoms with Gasteiger partial charge in [-0.15, -0.1) is 13.2 Å². The number of hydrogen-bond donors (Lipinski definition) is 2. The van der Waals surface area contributed by atoms with Gasteiger partial charge in [-0.05, 0) is 56.7 Å². The van der Waals surface area contributed by atoms with Crippen molar-refractivity contribution in [2.24, 2.45) is 11.8 Å². The van der Waals surface area contributed by atoms with Crippen LogP contribution in [0.1, 0.15) is 57.1 Å². The fourth-order valence-electron chi connectivity index (χ4n) is 7.53. The van der Waals surface area contributed by atoms with Gasteiger partial charge in [0.15, 0.2) is 0 Å². The van der Waals surface area contributed by atoms with E-state index in [1.165, 1.54) is 9.80 Å². The Bertz CT molecular complexity index is 1520. The van der Waals surface area contributed by atoms with Gasteiger partial charge in [0.25, 0.3) is 5.91 Å². The van der Waals surface area contributed by atoms with Gasteiger partial charge in [-0.25, -0.2) is 0 Å². The molecule has 10 nitrogen and oxygen atoms in total. The molecule has 2 aromatic carbocycles. The second-order valence-electron chi connectivity index (χ2n) is 12.7. The van der Waals surface area contributed by atoms with Crippen LogP contribution >= 0.6 is 11.6 Å². The largest absolute Gasteiger partial charge is 0.455 e. The third-order valence-electron chi connectivity index (χ3n) is 9.62. The highest BCUT2D eigenvalue weighted by Gasteiger charge is 2.75. The van der Waals surface area contributed by atoms with Crippen LogP contribution in [0.2, 0.25) is 5.02 Å². The molecule has 0 unspecified atom stereocenters. The Morgan fingerprint density at radius 3 is 2.56 bits per heavy atom. The van der Waals surface area contributed by atoms with Crippen molar-refractivity contribution in [3.8, 4) is 0 Å². The summed E-state index contributed by atoms with van der Waals surface area (Å²) < 4.78 is 12.8. The highest BCUT2D eigenvalue weighted by Crippen LogP contribution is 2.59. The number of anilines is 1. The zero-order chi connectivity index (χ0) is 34.4. The second kappa shape index (κ2) is 15.5. The van der Waals surface area contributed by atoms with E-state index in [0.717, 1.165) is 0 Å². The first-order chi connectivity index (χ1) is 23.2. The molecule has 3 saturated heterocycles. The molecule has 2 N–H and O–H groups in total. The normalized spacial score (nSPS) is 25.2. The summed E-state index contributed by atoms with van der Waals surface area (Å²) in [4.78, 5) is 59.0. The molecule has 2 aromatic rings. The van der Waals surface area contributed by atoms with Crippen molar-refractivity contribution in [1.29, 1.82) is 0 Å². The van der Waals surface area contributed by atoms with Crippen LogP contribution in [0, 0.1) is 11.8 Å². The van der Waals surface area contributed by atoms with Gasteiger partial charge in [-0.2, -0.15) is 0 Å². The molecular weight excluding hydrogens is 634 g/mol. The number of nitrogens with one attached hydrogen (secondary N) is 1. The lowest BCUT2D eigenvalue weighted by molar-refractivity contribution is -0.162. The Kier molecular flexibility index (Phi) is 11.4. The van der Waals surface area contributed by atoms with Gasteiger partial charge >= 0.3 is 5.97 Å². The number of aliphatic hydroxyl groups excluding tert-OH is 1. The third-order valence-corrected chi connectivity index (χ3v) is 9.94. The fourth-order valence-corrected chi connectivity index (χ4v) is 7.77. The van der Waals surface area contributed by atoms with E-state index in [9.17, 15) is 24.3 Å². The molecule has 256 valence electrons. The molecular formula is C37H44ClN3O7. The number of unbranched alkanes of at least 4 members (excludes halogenated alkanes) is 1. The summed E-state index contributed by atoms with van der Waals surface area (Å²) in [6.45, 7) is 9.57. The number of hydrogen-bond acceptors (Lipinski definition) is 7. The minimum Gasteiger partial charge on any atom is -0.455 e. The maximum Gasteiger partial charge on any atom is 0.313 e. The lowest BCUT2D eigenvalue weighted by atomic mass is 9.70. The SMILES string of the molecule is C=CCCC(=O)N[C@@H](C)[C@H](OC(=O)[C@@H]1[C@H]2C(=O)N(CCCCO)[C@H](C(=O)N(CC=C)c3ccccc3Cl)[C@]23CC[C@H]1O3)c1ccccc1. The van der Waals surface area contributed by atoms with Gasteiger partial charge in [0.1, 0.15) is 17.7 Å². The number of carbonyl (C=O) groups is 4. The molecule has 2 bridgehead atoms. The molecule has 3 aliphatic rings. The molecule has 11 heteroatoms. The number of nitrogens with zero attached hydrogens (tertiary/aromatic N) is 2.